The number of hydrogen-bond donors (Lipinski definition) is 1. The van der Waals surface area contributed by atoms with Crippen LogP contribution in [0.2, 0.25) is 0 Å². The molecular formula is C18H20N6O. The number of H-pyrrole nitrogens is 1. The zero-order valence-electron chi connectivity index (χ0n) is 14.1. The van der Waals surface area contributed by atoms with E-state index in [2.05, 4.69) is 20.3 Å². The predicted molar refractivity (Wildman–Crippen MR) is 92.7 cm³/mol. The number of aromatic nitrogens is 5. The van der Waals surface area contributed by atoms with Crippen LogP contribution in [0.4, 0.5) is 0 Å². The average Bonchev–Trinajstić information content (AvgIpc) is 3.31. The second kappa shape index (κ2) is 6.51. The minimum absolute atomic E-state index is 0.00420. The van der Waals surface area contributed by atoms with Crippen molar-refractivity contribution in [3.05, 3.63) is 54.1 Å². The van der Waals surface area contributed by atoms with Crippen molar-refractivity contribution in [1.82, 2.24) is 29.9 Å². The maximum absolute atomic E-state index is 12.9. The van der Waals surface area contributed by atoms with Gasteiger partial charge in [-0.05, 0) is 19.3 Å². The summed E-state index contributed by atoms with van der Waals surface area (Å²) in [6.07, 6.45) is 6.33. The third kappa shape index (κ3) is 3.05. The first-order valence-electron chi connectivity index (χ1n) is 8.50. The van der Waals surface area contributed by atoms with E-state index in [0.717, 1.165) is 37.2 Å². The number of aryl methyl sites for hydroxylation is 1. The van der Waals surface area contributed by atoms with E-state index in [1.165, 1.54) is 0 Å². The molecule has 1 N–H and O–H groups in total. The largest absolute Gasteiger partial charge is 0.328 e. The molecule has 0 saturated carbocycles. The van der Waals surface area contributed by atoms with E-state index in [0.29, 0.717) is 11.4 Å². The number of likely N-dealkylation sites (tertiary alicyclic amines) is 1. The molecule has 1 fully saturated rings. The van der Waals surface area contributed by atoms with Crippen molar-refractivity contribution < 1.29 is 4.79 Å². The lowest BCUT2D eigenvalue weighted by atomic mass is 10.0. The molecule has 3 aromatic rings. The van der Waals surface area contributed by atoms with Gasteiger partial charge in [-0.2, -0.15) is 10.2 Å². The van der Waals surface area contributed by atoms with Crippen molar-refractivity contribution in [1.29, 1.82) is 0 Å². The molecule has 0 bridgehead atoms. The number of amides is 1. The Hall–Kier alpha value is -2.96. The third-order valence-electron chi connectivity index (χ3n) is 4.57. The van der Waals surface area contributed by atoms with Gasteiger partial charge in [-0.1, -0.05) is 30.3 Å². The lowest BCUT2D eigenvalue weighted by Crippen LogP contribution is -2.38. The minimum Gasteiger partial charge on any atom is -0.328 e. The minimum atomic E-state index is -0.0774. The predicted octanol–water partition coefficient (Wildman–Crippen LogP) is 2.57. The Labute approximate surface area is 145 Å². The van der Waals surface area contributed by atoms with Gasteiger partial charge < -0.3 is 4.90 Å². The number of benzene rings is 1. The van der Waals surface area contributed by atoms with Gasteiger partial charge in [0.25, 0.3) is 5.91 Å². The van der Waals surface area contributed by atoms with Gasteiger partial charge in [0.2, 0.25) is 0 Å². The van der Waals surface area contributed by atoms with Crippen LogP contribution in [0.5, 0.6) is 0 Å². The molecule has 1 aliphatic heterocycles. The van der Waals surface area contributed by atoms with Gasteiger partial charge in [0.05, 0.1) is 17.8 Å². The van der Waals surface area contributed by atoms with Crippen LogP contribution in [0.3, 0.4) is 0 Å². The van der Waals surface area contributed by atoms with Gasteiger partial charge in [0, 0.05) is 25.4 Å². The molecule has 4 rings (SSSR count). The SMILES string of the molecule is Cn1cc(C(=O)N2CCCCC2c2nc(-c3ccccc3)n[nH]2)cn1. The summed E-state index contributed by atoms with van der Waals surface area (Å²) >= 11 is 0. The molecule has 128 valence electrons. The van der Waals surface area contributed by atoms with E-state index in [1.54, 1.807) is 17.1 Å². The van der Waals surface area contributed by atoms with Crippen LogP contribution in [0.15, 0.2) is 42.7 Å². The fraction of sp³-hybridized carbons (Fsp3) is 0.333. The van der Waals surface area contributed by atoms with Crippen LogP contribution in [-0.4, -0.2) is 42.3 Å². The summed E-state index contributed by atoms with van der Waals surface area (Å²) in [5.41, 5.74) is 1.57. The van der Waals surface area contributed by atoms with Crippen LogP contribution in [0, 0.1) is 0 Å². The zero-order valence-corrected chi connectivity index (χ0v) is 14.1. The number of aromatic amines is 1. The molecule has 1 aliphatic rings. The van der Waals surface area contributed by atoms with Crippen LogP contribution in [0.25, 0.3) is 11.4 Å². The smallest absolute Gasteiger partial charge is 0.257 e. The topological polar surface area (TPSA) is 79.7 Å². The Morgan fingerprint density at radius 2 is 2.08 bits per heavy atom. The summed E-state index contributed by atoms with van der Waals surface area (Å²) in [6, 6.07) is 9.77. The summed E-state index contributed by atoms with van der Waals surface area (Å²) in [4.78, 5) is 19.4. The van der Waals surface area contributed by atoms with E-state index in [9.17, 15) is 4.79 Å². The molecule has 1 atom stereocenters. The number of nitrogens with one attached hydrogen (secondary N) is 1. The highest BCUT2D eigenvalue weighted by atomic mass is 16.2. The molecule has 0 aliphatic carbocycles. The maximum atomic E-state index is 12.9. The Morgan fingerprint density at radius 3 is 2.84 bits per heavy atom. The highest BCUT2D eigenvalue weighted by molar-refractivity contribution is 5.94. The summed E-state index contributed by atoms with van der Waals surface area (Å²) in [7, 11) is 1.81. The van der Waals surface area contributed by atoms with Gasteiger partial charge >= 0.3 is 0 Å². The van der Waals surface area contributed by atoms with Crippen LogP contribution < -0.4 is 0 Å². The second-order valence-electron chi connectivity index (χ2n) is 6.32. The first kappa shape index (κ1) is 15.6. The Kier molecular flexibility index (Phi) is 4.05. The summed E-state index contributed by atoms with van der Waals surface area (Å²) < 4.78 is 1.65. The van der Waals surface area contributed by atoms with Gasteiger partial charge in [-0.3, -0.25) is 14.6 Å². The van der Waals surface area contributed by atoms with Crippen molar-refractivity contribution >= 4 is 5.91 Å². The van der Waals surface area contributed by atoms with Crippen LogP contribution >= 0.6 is 0 Å². The lowest BCUT2D eigenvalue weighted by Gasteiger charge is -2.34. The molecular weight excluding hydrogens is 316 g/mol. The van der Waals surface area contributed by atoms with E-state index < -0.39 is 0 Å². The molecule has 0 radical (unpaired) electrons. The molecule has 1 saturated heterocycles. The molecule has 25 heavy (non-hydrogen) atoms. The van der Waals surface area contributed by atoms with Crippen molar-refractivity contribution in [2.24, 2.45) is 7.05 Å². The van der Waals surface area contributed by atoms with E-state index in [-0.39, 0.29) is 11.9 Å². The zero-order chi connectivity index (χ0) is 17.2. The van der Waals surface area contributed by atoms with Crippen molar-refractivity contribution in [3.63, 3.8) is 0 Å². The molecule has 7 nitrogen and oxygen atoms in total. The van der Waals surface area contributed by atoms with Gasteiger partial charge in [-0.15, -0.1) is 0 Å². The molecule has 7 heteroatoms. The molecule has 1 unspecified atom stereocenters. The number of nitrogens with zero attached hydrogens (tertiary/aromatic N) is 5. The number of hydrogen-bond acceptors (Lipinski definition) is 4. The van der Waals surface area contributed by atoms with Gasteiger partial charge in [0.1, 0.15) is 5.82 Å². The Bertz CT molecular complexity index is 869. The molecule has 2 aromatic heterocycles. The monoisotopic (exact) mass is 336 g/mol. The first-order chi connectivity index (χ1) is 12.2. The number of carbonyl (C=O) groups is 1. The normalized spacial score (nSPS) is 17.6. The van der Waals surface area contributed by atoms with Crippen molar-refractivity contribution in [2.45, 2.75) is 25.3 Å². The van der Waals surface area contributed by atoms with Gasteiger partial charge in [-0.25, -0.2) is 4.98 Å². The standard InChI is InChI=1S/C18H20N6O/c1-23-12-14(11-19-23)18(25)24-10-6-5-9-15(24)17-20-16(21-22-17)13-7-3-2-4-8-13/h2-4,7-8,11-12,15H,5-6,9-10H2,1H3,(H,20,21,22). The second-order valence-corrected chi connectivity index (χ2v) is 6.32. The fourth-order valence-electron chi connectivity index (χ4n) is 3.30. The molecule has 3 heterocycles. The van der Waals surface area contributed by atoms with Crippen LogP contribution in [-0.2, 0) is 7.05 Å². The summed E-state index contributed by atoms with van der Waals surface area (Å²) in [6.45, 7) is 0.722. The van der Waals surface area contributed by atoms with E-state index >= 15 is 0 Å². The molecule has 0 spiro atoms. The van der Waals surface area contributed by atoms with Crippen molar-refractivity contribution in [2.75, 3.05) is 6.54 Å². The highest BCUT2D eigenvalue weighted by Gasteiger charge is 2.31. The fourth-order valence-corrected chi connectivity index (χ4v) is 3.30. The van der Waals surface area contributed by atoms with Gasteiger partial charge in [0.15, 0.2) is 5.82 Å². The summed E-state index contributed by atoms with van der Waals surface area (Å²) in [5, 5.41) is 11.5. The highest BCUT2D eigenvalue weighted by Crippen LogP contribution is 2.31. The van der Waals surface area contributed by atoms with Crippen LogP contribution in [0.1, 0.15) is 41.5 Å². The number of carbonyl (C=O) groups excluding carboxylic acids is 1. The van der Waals surface area contributed by atoms with Crippen molar-refractivity contribution in [3.8, 4) is 11.4 Å². The lowest BCUT2D eigenvalue weighted by molar-refractivity contribution is 0.0600. The quantitative estimate of drug-likeness (QED) is 0.797. The van der Waals surface area contributed by atoms with E-state index in [4.69, 9.17) is 0 Å². The Morgan fingerprint density at radius 1 is 1.24 bits per heavy atom. The number of piperidine rings is 1. The van der Waals surface area contributed by atoms with E-state index in [1.807, 2.05) is 42.3 Å². The third-order valence-corrected chi connectivity index (χ3v) is 4.57. The molecule has 1 aromatic carbocycles. The first-order valence-corrected chi connectivity index (χ1v) is 8.50. The average molecular weight is 336 g/mol. The number of rotatable bonds is 3. The Balaban J connectivity index is 1.61. The summed E-state index contributed by atoms with van der Waals surface area (Å²) in [5.74, 6) is 1.40. The molecule has 1 amide bonds. The maximum Gasteiger partial charge on any atom is 0.257 e.